The van der Waals surface area contributed by atoms with E-state index in [0.29, 0.717) is 11.6 Å². The van der Waals surface area contributed by atoms with E-state index in [1.54, 1.807) is 23.1 Å². The van der Waals surface area contributed by atoms with Crippen molar-refractivity contribution in [3.63, 3.8) is 0 Å². The molecule has 0 aromatic carbocycles. The van der Waals surface area contributed by atoms with E-state index in [4.69, 9.17) is 10.5 Å². The van der Waals surface area contributed by atoms with E-state index in [2.05, 4.69) is 15.1 Å². The van der Waals surface area contributed by atoms with Crippen LogP contribution < -0.4 is 10.5 Å². The van der Waals surface area contributed by atoms with Gasteiger partial charge in [0.2, 0.25) is 11.8 Å². The molecule has 6 heteroatoms. The quantitative estimate of drug-likeness (QED) is 0.787. The lowest BCUT2D eigenvalue weighted by molar-refractivity contribution is 0.461. The molecule has 0 aliphatic rings. The highest BCUT2D eigenvalue weighted by Crippen LogP contribution is 2.19. The van der Waals surface area contributed by atoms with Gasteiger partial charge in [0.15, 0.2) is 5.75 Å². The Hall–Kier alpha value is -2.11. The van der Waals surface area contributed by atoms with Gasteiger partial charge in [-0.2, -0.15) is 10.1 Å². The fourth-order valence-electron chi connectivity index (χ4n) is 1.19. The average Bonchev–Trinajstić information content (AvgIpc) is 2.49. The van der Waals surface area contributed by atoms with E-state index >= 15 is 0 Å². The molecule has 2 heterocycles. The van der Waals surface area contributed by atoms with Gasteiger partial charge in [0.25, 0.3) is 0 Å². The van der Waals surface area contributed by atoms with Gasteiger partial charge < -0.3 is 10.5 Å². The molecular weight excluding hydrogens is 194 g/mol. The number of anilines is 1. The molecule has 0 bridgehead atoms. The van der Waals surface area contributed by atoms with Crippen LogP contribution in [0.15, 0.2) is 18.5 Å². The van der Waals surface area contributed by atoms with Gasteiger partial charge >= 0.3 is 0 Å². The molecule has 0 spiro atoms. The Balaban J connectivity index is 2.24. The van der Waals surface area contributed by atoms with Crippen molar-refractivity contribution in [1.29, 1.82) is 0 Å². The number of hydrogen-bond acceptors (Lipinski definition) is 5. The molecule has 0 fully saturated rings. The van der Waals surface area contributed by atoms with Gasteiger partial charge in [0, 0.05) is 18.8 Å². The number of nitrogens with two attached hydrogens (primary N) is 1. The van der Waals surface area contributed by atoms with Crippen LogP contribution in [0.4, 0.5) is 5.95 Å². The fourth-order valence-corrected chi connectivity index (χ4v) is 1.19. The Kier molecular flexibility index (Phi) is 2.24. The Morgan fingerprint density at radius 3 is 2.80 bits per heavy atom. The Morgan fingerprint density at radius 2 is 2.20 bits per heavy atom. The number of aromatic nitrogens is 4. The van der Waals surface area contributed by atoms with Gasteiger partial charge in [-0.25, -0.2) is 4.98 Å². The highest BCUT2D eigenvalue weighted by Gasteiger charge is 2.03. The third-order valence-corrected chi connectivity index (χ3v) is 1.75. The second-order valence-electron chi connectivity index (χ2n) is 3.16. The molecule has 0 amide bonds. The van der Waals surface area contributed by atoms with Crippen molar-refractivity contribution >= 4 is 5.95 Å². The van der Waals surface area contributed by atoms with E-state index in [1.807, 2.05) is 14.0 Å². The largest absolute Gasteiger partial charge is 0.436 e. The summed E-state index contributed by atoms with van der Waals surface area (Å²) in [6, 6.07) is 1.71. The van der Waals surface area contributed by atoms with Crippen LogP contribution in [0.3, 0.4) is 0 Å². The first-order valence-electron chi connectivity index (χ1n) is 4.41. The van der Waals surface area contributed by atoms with Gasteiger partial charge in [-0.15, -0.1) is 0 Å². The summed E-state index contributed by atoms with van der Waals surface area (Å²) >= 11 is 0. The third kappa shape index (κ3) is 2.22. The van der Waals surface area contributed by atoms with Crippen LogP contribution in [0.5, 0.6) is 11.6 Å². The normalized spacial score (nSPS) is 10.3. The Bertz CT molecular complexity index is 459. The highest BCUT2D eigenvalue weighted by atomic mass is 16.5. The minimum atomic E-state index is 0.203. The molecule has 0 saturated heterocycles. The maximum Gasteiger partial charge on any atom is 0.224 e. The topological polar surface area (TPSA) is 78.8 Å². The van der Waals surface area contributed by atoms with Crippen LogP contribution >= 0.6 is 0 Å². The summed E-state index contributed by atoms with van der Waals surface area (Å²) in [5, 5.41) is 3.97. The summed E-state index contributed by atoms with van der Waals surface area (Å²) in [6.07, 6.45) is 3.35. The van der Waals surface area contributed by atoms with Crippen LogP contribution in [-0.4, -0.2) is 19.7 Å². The molecule has 0 saturated carbocycles. The number of aryl methyl sites for hydroxylation is 2. The lowest BCUT2D eigenvalue weighted by Gasteiger charge is -2.02. The lowest BCUT2D eigenvalue weighted by Crippen LogP contribution is -1.98. The zero-order valence-electron chi connectivity index (χ0n) is 8.51. The molecule has 2 aromatic rings. The summed E-state index contributed by atoms with van der Waals surface area (Å²) in [7, 11) is 1.81. The molecule has 0 atom stereocenters. The van der Waals surface area contributed by atoms with Crippen LogP contribution in [0.1, 0.15) is 5.69 Å². The van der Waals surface area contributed by atoms with Gasteiger partial charge in [-0.05, 0) is 6.92 Å². The molecule has 2 N–H and O–H groups in total. The molecule has 0 aliphatic carbocycles. The molecule has 0 radical (unpaired) electrons. The molecule has 2 rings (SSSR count). The first-order chi connectivity index (χ1) is 7.13. The number of ether oxygens (including phenoxy) is 1. The standard InChI is InChI=1S/C9H11N5O/c1-6-3-8(13-9(10)12-6)15-7-4-11-14(2)5-7/h3-5H,1-2H3,(H2,10,12,13). The SMILES string of the molecule is Cc1cc(Oc2cnn(C)c2)nc(N)n1. The molecule has 15 heavy (non-hydrogen) atoms. The number of rotatable bonds is 2. The highest BCUT2D eigenvalue weighted by molar-refractivity contribution is 5.28. The van der Waals surface area contributed by atoms with Crippen molar-refractivity contribution in [3.8, 4) is 11.6 Å². The molecule has 0 aliphatic heterocycles. The van der Waals surface area contributed by atoms with Crippen molar-refractivity contribution < 1.29 is 4.74 Å². The number of nitrogen functional groups attached to an aromatic ring is 1. The predicted octanol–water partition coefficient (Wildman–Crippen LogP) is 0.893. The second-order valence-corrected chi connectivity index (χ2v) is 3.16. The van der Waals surface area contributed by atoms with Crippen LogP contribution in [-0.2, 0) is 7.05 Å². The smallest absolute Gasteiger partial charge is 0.224 e. The van der Waals surface area contributed by atoms with Gasteiger partial charge in [0.1, 0.15) is 0 Å². The molecular formula is C9H11N5O. The average molecular weight is 205 g/mol. The molecule has 0 unspecified atom stereocenters. The zero-order chi connectivity index (χ0) is 10.8. The van der Waals surface area contributed by atoms with E-state index in [-0.39, 0.29) is 5.95 Å². The van der Waals surface area contributed by atoms with Crippen LogP contribution in [0.25, 0.3) is 0 Å². The third-order valence-electron chi connectivity index (χ3n) is 1.75. The van der Waals surface area contributed by atoms with Crippen molar-refractivity contribution in [2.24, 2.45) is 7.05 Å². The maximum absolute atomic E-state index is 5.50. The Morgan fingerprint density at radius 1 is 1.40 bits per heavy atom. The summed E-state index contributed by atoms with van der Waals surface area (Å²) in [6.45, 7) is 1.83. The van der Waals surface area contributed by atoms with Crippen molar-refractivity contribution in [1.82, 2.24) is 19.7 Å². The summed E-state index contributed by atoms with van der Waals surface area (Å²) in [5.41, 5.74) is 6.26. The summed E-state index contributed by atoms with van der Waals surface area (Å²) in [4.78, 5) is 7.89. The molecule has 6 nitrogen and oxygen atoms in total. The minimum absolute atomic E-state index is 0.203. The number of nitrogens with zero attached hydrogens (tertiary/aromatic N) is 4. The van der Waals surface area contributed by atoms with Crippen LogP contribution in [0.2, 0.25) is 0 Å². The summed E-state index contributed by atoms with van der Waals surface area (Å²) < 4.78 is 7.09. The van der Waals surface area contributed by atoms with E-state index in [1.165, 1.54) is 0 Å². The van der Waals surface area contributed by atoms with E-state index in [0.717, 1.165) is 5.69 Å². The van der Waals surface area contributed by atoms with Crippen molar-refractivity contribution in [2.45, 2.75) is 6.92 Å². The fraction of sp³-hybridized carbons (Fsp3) is 0.222. The second kappa shape index (κ2) is 3.56. The zero-order valence-corrected chi connectivity index (χ0v) is 8.51. The van der Waals surface area contributed by atoms with Gasteiger partial charge in [-0.1, -0.05) is 0 Å². The lowest BCUT2D eigenvalue weighted by atomic mass is 10.4. The van der Waals surface area contributed by atoms with E-state index in [9.17, 15) is 0 Å². The van der Waals surface area contributed by atoms with Crippen molar-refractivity contribution in [3.05, 3.63) is 24.2 Å². The number of hydrogen-bond donors (Lipinski definition) is 1. The molecule has 2 aromatic heterocycles. The first kappa shape index (κ1) is 9.45. The monoisotopic (exact) mass is 205 g/mol. The van der Waals surface area contributed by atoms with E-state index < -0.39 is 0 Å². The molecule has 78 valence electrons. The first-order valence-corrected chi connectivity index (χ1v) is 4.41. The Labute approximate surface area is 86.7 Å². The minimum Gasteiger partial charge on any atom is -0.436 e. The van der Waals surface area contributed by atoms with Gasteiger partial charge in [0.05, 0.1) is 12.4 Å². The van der Waals surface area contributed by atoms with Gasteiger partial charge in [-0.3, -0.25) is 4.68 Å². The summed E-state index contributed by atoms with van der Waals surface area (Å²) in [5.74, 6) is 1.25. The predicted molar refractivity (Wildman–Crippen MR) is 54.5 cm³/mol. The van der Waals surface area contributed by atoms with Crippen molar-refractivity contribution in [2.75, 3.05) is 5.73 Å². The van der Waals surface area contributed by atoms with Crippen LogP contribution in [0, 0.1) is 6.92 Å². The maximum atomic E-state index is 5.50.